The molecule has 0 spiro atoms. The largest absolute Gasteiger partial charge is 0.351 e. The van der Waals surface area contributed by atoms with Crippen LogP contribution in [0.25, 0.3) is 0 Å². The first kappa shape index (κ1) is 18.5. The Bertz CT molecular complexity index is 635. The highest BCUT2D eigenvalue weighted by molar-refractivity contribution is 5.78. The van der Waals surface area contributed by atoms with Gasteiger partial charge in [-0.1, -0.05) is 30.3 Å². The lowest BCUT2D eigenvalue weighted by Crippen LogP contribution is -2.51. The van der Waals surface area contributed by atoms with Gasteiger partial charge in [-0.2, -0.15) is 0 Å². The summed E-state index contributed by atoms with van der Waals surface area (Å²) in [5.74, 6) is 2.71. The van der Waals surface area contributed by atoms with Crippen molar-refractivity contribution in [3.05, 3.63) is 35.9 Å². The number of amides is 2. The lowest BCUT2D eigenvalue weighted by Gasteiger charge is -2.35. The molecule has 5 heteroatoms. The van der Waals surface area contributed by atoms with Gasteiger partial charge in [0.05, 0.1) is 6.54 Å². The molecule has 1 aliphatic heterocycles. The normalized spacial score (nSPS) is 20.7. The Labute approximate surface area is 162 Å². The fraction of sp³-hybridized carbons (Fsp3) is 0.636. The van der Waals surface area contributed by atoms with Gasteiger partial charge in [-0.3, -0.25) is 14.5 Å². The molecule has 3 aliphatic rings. The minimum absolute atomic E-state index is 0.0566. The fourth-order valence-corrected chi connectivity index (χ4v) is 4.31. The van der Waals surface area contributed by atoms with E-state index >= 15 is 0 Å². The first-order chi connectivity index (χ1) is 13.2. The Balaban J connectivity index is 1.16. The van der Waals surface area contributed by atoms with Gasteiger partial charge in [-0.05, 0) is 49.0 Å². The number of carbonyl (C=O) groups is 2. The molecular formula is C22H31N3O2. The number of hydrogen-bond acceptors (Lipinski definition) is 3. The zero-order valence-corrected chi connectivity index (χ0v) is 16.1. The van der Waals surface area contributed by atoms with Crippen LogP contribution in [0.4, 0.5) is 0 Å². The smallest absolute Gasteiger partial charge is 0.234 e. The third-order valence-corrected chi connectivity index (χ3v) is 6.29. The molecule has 3 fully saturated rings. The number of nitrogens with zero attached hydrogens (tertiary/aromatic N) is 2. The van der Waals surface area contributed by atoms with Crippen LogP contribution < -0.4 is 5.32 Å². The Morgan fingerprint density at radius 2 is 1.59 bits per heavy atom. The van der Waals surface area contributed by atoms with Gasteiger partial charge in [0.15, 0.2) is 0 Å². The molecule has 1 N–H and O–H groups in total. The van der Waals surface area contributed by atoms with Crippen molar-refractivity contribution in [3.8, 4) is 0 Å². The molecule has 2 amide bonds. The second-order valence-electron chi connectivity index (χ2n) is 8.46. The minimum Gasteiger partial charge on any atom is -0.351 e. The molecule has 2 saturated carbocycles. The molecule has 1 heterocycles. The second kappa shape index (κ2) is 8.42. The first-order valence-electron chi connectivity index (χ1n) is 10.5. The number of benzene rings is 1. The SMILES string of the molecule is O=C(CN1CCN(C(=O)CC(C2CC2)C2CC2)CC1)NCc1ccccc1. The zero-order chi connectivity index (χ0) is 18.6. The maximum Gasteiger partial charge on any atom is 0.234 e. The van der Waals surface area contributed by atoms with E-state index in [1.165, 1.54) is 25.7 Å². The van der Waals surface area contributed by atoms with E-state index in [-0.39, 0.29) is 5.91 Å². The van der Waals surface area contributed by atoms with Crippen molar-refractivity contribution in [1.82, 2.24) is 15.1 Å². The summed E-state index contributed by atoms with van der Waals surface area (Å²) in [7, 11) is 0. The van der Waals surface area contributed by atoms with Crippen molar-refractivity contribution in [1.29, 1.82) is 0 Å². The van der Waals surface area contributed by atoms with Crippen molar-refractivity contribution in [2.75, 3.05) is 32.7 Å². The van der Waals surface area contributed by atoms with E-state index in [1.807, 2.05) is 35.2 Å². The Kier molecular flexibility index (Phi) is 5.77. The summed E-state index contributed by atoms with van der Waals surface area (Å²) in [6.45, 7) is 4.09. The molecule has 5 nitrogen and oxygen atoms in total. The highest BCUT2D eigenvalue weighted by atomic mass is 16.2. The van der Waals surface area contributed by atoms with Gasteiger partial charge < -0.3 is 10.2 Å². The van der Waals surface area contributed by atoms with Crippen LogP contribution in [0.5, 0.6) is 0 Å². The molecular weight excluding hydrogens is 338 g/mol. The number of piperazine rings is 1. The van der Waals surface area contributed by atoms with Crippen molar-refractivity contribution < 1.29 is 9.59 Å². The van der Waals surface area contributed by atoms with Gasteiger partial charge in [0.2, 0.25) is 11.8 Å². The van der Waals surface area contributed by atoms with Crippen molar-refractivity contribution in [3.63, 3.8) is 0 Å². The van der Waals surface area contributed by atoms with Crippen LogP contribution in [0.1, 0.15) is 37.7 Å². The first-order valence-corrected chi connectivity index (χ1v) is 10.5. The summed E-state index contributed by atoms with van der Waals surface area (Å²) in [5.41, 5.74) is 1.11. The predicted octanol–water partition coefficient (Wildman–Crippen LogP) is 2.27. The van der Waals surface area contributed by atoms with Gasteiger partial charge in [0.25, 0.3) is 0 Å². The van der Waals surface area contributed by atoms with Gasteiger partial charge in [0.1, 0.15) is 0 Å². The molecule has 4 rings (SSSR count). The van der Waals surface area contributed by atoms with Crippen LogP contribution in [-0.2, 0) is 16.1 Å². The van der Waals surface area contributed by atoms with E-state index in [2.05, 4.69) is 10.2 Å². The lowest BCUT2D eigenvalue weighted by atomic mass is 9.93. The molecule has 146 valence electrons. The van der Waals surface area contributed by atoms with E-state index in [0.29, 0.717) is 24.9 Å². The van der Waals surface area contributed by atoms with Crippen LogP contribution in [0.3, 0.4) is 0 Å². The van der Waals surface area contributed by atoms with E-state index in [9.17, 15) is 9.59 Å². The molecule has 2 aliphatic carbocycles. The monoisotopic (exact) mass is 369 g/mol. The molecule has 0 bridgehead atoms. The van der Waals surface area contributed by atoms with Crippen LogP contribution in [0, 0.1) is 17.8 Å². The maximum absolute atomic E-state index is 12.7. The number of rotatable bonds is 8. The summed E-state index contributed by atoms with van der Waals surface area (Å²) in [6.07, 6.45) is 6.09. The zero-order valence-electron chi connectivity index (χ0n) is 16.1. The summed E-state index contributed by atoms with van der Waals surface area (Å²) in [5, 5.41) is 2.98. The molecule has 0 aromatic heterocycles. The average molecular weight is 370 g/mol. The summed E-state index contributed by atoms with van der Waals surface area (Å²) in [4.78, 5) is 29.0. The average Bonchev–Trinajstić information content (AvgIpc) is 3.59. The van der Waals surface area contributed by atoms with Crippen LogP contribution >= 0.6 is 0 Å². The second-order valence-corrected chi connectivity index (χ2v) is 8.46. The minimum atomic E-state index is 0.0566. The quantitative estimate of drug-likeness (QED) is 0.765. The molecule has 0 radical (unpaired) electrons. The topological polar surface area (TPSA) is 52.7 Å². The summed E-state index contributed by atoms with van der Waals surface area (Å²) in [6, 6.07) is 9.97. The molecule has 1 aromatic rings. The standard InChI is InChI=1S/C22H31N3O2/c26-21(23-15-17-4-2-1-3-5-17)16-24-10-12-25(13-11-24)22(27)14-20(18-6-7-18)19-8-9-19/h1-5,18-20H,6-16H2,(H,23,26). The summed E-state index contributed by atoms with van der Waals surface area (Å²) >= 11 is 0. The summed E-state index contributed by atoms with van der Waals surface area (Å²) < 4.78 is 0. The van der Waals surface area contributed by atoms with Crippen molar-refractivity contribution in [2.24, 2.45) is 17.8 Å². The van der Waals surface area contributed by atoms with Crippen LogP contribution in [0.15, 0.2) is 30.3 Å². The van der Waals surface area contributed by atoms with Gasteiger partial charge in [-0.25, -0.2) is 0 Å². The van der Waals surface area contributed by atoms with Gasteiger partial charge in [-0.15, -0.1) is 0 Å². The molecule has 0 unspecified atom stereocenters. The van der Waals surface area contributed by atoms with Crippen molar-refractivity contribution in [2.45, 2.75) is 38.6 Å². The van der Waals surface area contributed by atoms with E-state index in [0.717, 1.165) is 50.0 Å². The van der Waals surface area contributed by atoms with E-state index in [4.69, 9.17) is 0 Å². The van der Waals surface area contributed by atoms with Crippen LogP contribution in [0.2, 0.25) is 0 Å². The van der Waals surface area contributed by atoms with Crippen molar-refractivity contribution >= 4 is 11.8 Å². The van der Waals surface area contributed by atoms with E-state index in [1.54, 1.807) is 0 Å². The van der Waals surface area contributed by atoms with Gasteiger partial charge in [0, 0.05) is 39.1 Å². The fourth-order valence-electron chi connectivity index (χ4n) is 4.31. The Morgan fingerprint density at radius 1 is 0.963 bits per heavy atom. The predicted molar refractivity (Wildman–Crippen MR) is 105 cm³/mol. The Morgan fingerprint density at radius 3 is 2.19 bits per heavy atom. The molecule has 27 heavy (non-hydrogen) atoms. The third-order valence-electron chi connectivity index (χ3n) is 6.29. The number of nitrogens with one attached hydrogen (secondary N) is 1. The molecule has 1 saturated heterocycles. The lowest BCUT2D eigenvalue weighted by molar-refractivity contribution is -0.134. The van der Waals surface area contributed by atoms with E-state index < -0.39 is 0 Å². The number of hydrogen-bond donors (Lipinski definition) is 1. The highest BCUT2D eigenvalue weighted by Crippen LogP contribution is 2.50. The molecule has 0 atom stereocenters. The molecule has 1 aromatic carbocycles. The highest BCUT2D eigenvalue weighted by Gasteiger charge is 2.42. The third kappa shape index (κ3) is 5.32. The maximum atomic E-state index is 12.7. The number of carbonyl (C=O) groups excluding carboxylic acids is 2. The van der Waals surface area contributed by atoms with Crippen LogP contribution in [-0.4, -0.2) is 54.3 Å². The Hall–Kier alpha value is -1.88. The van der Waals surface area contributed by atoms with Gasteiger partial charge >= 0.3 is 0 Å².